The van der Waals surface area contributed by atoms with Crippen molar-refractivity contribution in [2.45, 2.75) is 33.6 Å². The van der Waals surface area contributed by atoms with Gasteiger partial charge in [0.15, 0.2) is 0 Å². The normalized spacial score (nSPS) is 8.48. The van der Waals surface area contributed by atoms with Crippen molar-refractivity contribution in [3.05, 3.63) is 53.9 Å². The molecule has 0 fully saturated rings. The van der Waals surface area contributed by atoms with Crippen LogP contribution in [0.15, 0.2) is 36.8 Å². The number of carbonyl (C=O) groups is 1. The summed E-state index contributed by atoms with van der Waals surface area (Å²) in [6.07, 6.45) is 13.0. The van der Waals surface area contributed by atoms with Gasteiger partial charge in [0.05, 0.1) is 5.69 Å². The monoisotopic (exact) mass is 315 g/mol. The lowest BCUT2D eigenvalue weighted by Gasteiger charge is -1.93. The largest absolute Gasteiger partial charge is 0.329 e. The van der Waals surface area contributed by atoms with Gasteiger partial charge in [0, 0.05) is 29.8 Å². The van der Waals surface area contributed by atoms with E-state index >= 15 is 0 Å². The SMILES string of the molecule is C#Cc1cnc(C)c(F)c1.CCCC.O=CNc1ccncc1. The predicted octanol–water partition coefficient (Wildman–Crippen LogP) is 3.97. The molecular weight excluding hydrogens is 293 g/mol. The van der Waals surface area contributed by atoms with E-state index in [1.807, 2.05) is 0 Å². The van der Waals surface area contributed by atoms with E-state index in [2.05, 4.69) is 35.1 Å². The van der Waals surface area contributed by atoms with E-state index in [0.717, 1.165) is 5.69 Å². The summed E-state index contributed by atoms with van der Waals surface area (Å²) in [6.45, 7) is 5.95. The predicted molar refractivity (Wildman–Crippen MR) is 91.4 cm³/mol. The molecule has 0 unspecified atom stereocenters. The van der Waals surface area contributed by atoms with Crippen LogP contribution < -0.4 is 5.32 Å². The Balaban J connectivity index is 0.000000345. The first-order valence-electron chi connectivity index (χ1n) is 7.27. The maximum absolute atomic E-state index is 12.6. The van der Waals surface area contributed by atoms with Crippen LogP contribution in [0.3, 0.4) is 0 Å². The fourth-order valence-electron chi connectivity index (χ4n) is 1.10. The van der Waals surface area contributed by atoms with Crippen molar-refractivity contribution in [3.8, 4) is 12.3 Å². The van der Waals surface area contributed by atoms with Crippen molar-refractivity contribution in [1.82, 2.24) is 9.97 Å². The molecule has 0 aliphatic rings. The fraction of sp³-hybridized carbons (Fsp3) is 0.278. The van der Waals surface area contributed by atoms with Crippen LogP contribution in [-0.4, -0.2) is 16.4 Å². The van der Waals surface area contributed by atoms with Crippen molar-refractivity contribution in [3.63, 3.8) is 0 Å². The number of hydrogen-bond acceptors (Lipinski definition) is 3. The van der Waals surface area contributed by atoms with E-state index in [0.29, 0.717) is 17.7 Å². The topological polar surface area (TPSA) is 54.9 Å². The van der Waals surface area contributed by atoms with Crippen LogP contribution >= 0.6 is 0 Å². The van der Waals surface area contributed by atoms with Crippen molar-refractivity contribution >= 4 is 12.1 Å². The number of nitrogens with one attached hydrogen (secondary N) is 1. The van der Waals surface area contributed by atoms with Gasteiger partial charge < -0.3 is 5.32 Å². The van der Waals surface area contributed by atoms with Crippen LogP contribution in [0, 0.1) is 25.1 Å². The van der Waals surface area contributed by atoms with Crippen LogP contribution in [0.4, 0.5) is 10.1 Å². The summed E-state index contributed by atoms with van der Waals surface area (Å²) >= 11 is 0. The molecule has 2 rings (SSSR count). The summed E-state index contributed by atoms with van der Waals surface area (Å²) in [4.78, 5) is 17.3. The van der Waals surface area contributed by atoms with Gasteiger partial charge in [-0.3, -0.25) is 14.8 Å². The van der Waals surface area contributed by atoms with Gasteiger partial charge >= 0.3 is 0 Å². The van der Waals surface area contributed by atoms with Gasteiger partial charge in [-0.05, 0) is 25.1 Å². The van der Waals surface area contributed by atoms with E-state index in [9.17, 15) is 9.18 Å². The number of anilines is 1. The van der Waals surface area contributed by atoms with Gasteiger partial charge in [-0.1, -0.05) is 32.6 Å². The minimum Gasteiger partial charge on any atom is -0.329 e. The Morgan fingerprint density at radius 2 is 1.91 bits per heavy atom. The molecule has 2 aromatic rings. The Morgan fingerprint density at radius 1 is 1.30 bits per heavy atom. The number of aromatic nitrogens is 2. The molecule has 0 saturated carbocycles. The quantitative estimate of drug-likeness (QED) is 0.689. The number of aryl methyl sites for hydroxylation is 1. The number of hydrogen-bond donors (Lipinski definition) is 1. The molecule has 2 aromatic heterocycles. The van der Waals surface area contributed by atoms with Crippen molar-refractivity contribution in [2.24, 2.45) is 0 Å². The number of halogens is 1. The standard InChI is InChI=1S/C8H6FN.C6H6N2O.C4H10/c1-3-7-4-8(9)6(2)10-5-7;9-5-8-6-1-3-7-4-2-6;1-3-4-2/h1,4-5H,2H3;1-5H,(H,7,8,9);3-4H2,1-2H3. The first-order valence-corrected chi connectivity index (χ1v) is 7.27. The van der Waals surface area contributed by atoms with Gasteiger partial charge in [-0.2, -0.15) is 0 Å². The summed E-state index contributed by atoms with van der Waals surface area (Å²) in [7, 11) is 0. The average Bonchev–Trinajstić information content (AvgIpc) is 2.59. The van der Waals surface area contributed by atoms with E-state index < -0.39 is 0 Å². The molecule has 0 aliphatic carbocycles. The summed E-state index contributed by atoms with van der Waals surface area (Å²) in [6, 6.07) is 4.73. The summed E-state index contributed by atoms with van der Waals surface area (Å²) < 4.78 is 12.6. The number of amides is 1. The molecule has 0 aromatic carbocycles. The Kier molecular flexibility index (Phi) is 11.4. The van der Waals surface area contributed by atoms with Gasteiger partial charge in [-0.25, -0.2) is 4.39 Å². The molecule has 0 aliphatic heterocycles. The zero-order valence-electron chi connectivity index (χ0n) is 13.7. The fourth-order valence-corrected chi connectivity index (χ4v) is 1.10. The van der Waals surface area contributed by atoms with Crippen molar-refractivity contribution in [2.75, 3.05) is 5.32 Å². The lowest BCUT2D eigenvalue weighted by Crippen LogP contribution is -1.92. The second-order valence-electron chi connectivity index (χ2n) is 4.43. The summed E-state index contributed by atoms with van der Waals surface area (Å²) in [5, 5.41) is 2.49. The van der Waals surface area contributed by atoms with Gasteiger partial charge in [0.1, 0.15) is 5.82 Å². The molecule has 23 heavy (non-hydrogen) atoms. The first-order chi connectivity index (χ1) is 11.1. The number of rotatable bonds is 3. The van der Waals surface area contributed by atoms with Crippen molar-refractivity contribution < 1.29 is 9.18 Å². The molecule has 0 saturated heterocycles. The second-order valence-corrected chi connectivity index (χ2v) is 4.43. The molecule has 5 heteroatoms. The highest BCUT2D eigenvalue weighted by Crippen LogP contribution is 2.03. The third kappa shape index (κ3) is 9.75. The number of nitrogens with zero attached hydrogens (tertiary/aromatic N) is 2. The Bertz CT molecular complexity index is 607. The average molecular weight is 315 g/mol. The van der Waals surface area contributed by atoms with Crippen LogP contribution in [0.25, 0.3) is 0 Å². The maximum atomic E-state index is 12.6. The molecular formula is C18H22FN3O. The Labute approximate surface area is 137 Å². The van der Waals surface area contributed by atoms with Gasteiger partial charge in [0.25, 0.3) is 0 Å². The molecule has 0 bridgehead atoms. The van der Waals surface area contributed by atoms with Gasteiger partial charge in [0.2, 0.25) is 6.41 Å². The van der Waals surface area contributed by atoms with E-state index in [1.165, 1.54) is 25.1 Å². The van der Waals surface area contributed by atoms with Crippen molar-refractivity contribution in [1.29, 1.82) is 0 Å². The maximum Gasteiger partial charge on any atom is 0.211 e. The Hall–Kier alpha value is -2.74. The number of unbranched alkanes of at least 4 members (excludes halogenated alkanes) is 1. The molecule has 122 valence electrons. The minimum atomic E-state index is -0.351. The molecule has 0 radical (unpaired) electrons. The lowest BCUT2D eigenvalue weighted by atomic mass is 10.2. The number of pyridine rings is 2. The highest BCUT2D eigenvalue weighted by molar-refractivity contribution is 5.70. The number of terminal acetylenes is 1. The third-order valence-corrected chi connectivity index (χ3v) is 2.60. The van der Waals surface area contributed by atoms with E-state index in [-0.39, 0.29) is 5.82 Å². The highest BCUT2D eigenvalue weighted by atomic mass is 19.1. The zero-order valence-corrected chi connectivity index (χ0v) is 13.7. The Morgan fingerprint density at radius 3 is 2.35 bits per heavy atom. The third-order valence-electron chi connectivity index (χ3n) is 2.60. The second kappa shape index (κ2) is 13.0. The first kappa shape index (κ1) is 20.3. The molecule has 0 atom stereocenters. The number of carbonyl (C=O) groups excluding carboxylic acids is 1. The highest BCUT2D eigenvalue weighted by Gasteiger charge is 1.96. The molecule has 4 nitrogen and oxygen atoms in total. The molecule has 1 amide bonds. The van der Waals surface area contributed by atoms with E-state index in [4.69, 9.17) is 6.42 Å². The smallest absolute Gasteiger partial charge is 0.211 e. The minimum absolute atomic E-state index is 0.351. The zero-order chi connectivity index (χ0) is 17.5. The summed E-state index contributed by atoms with van der Waals surface area (Å²) in [5.41, 5.74) is 1.61. The van der Waals surface area contributed by atoms with Crippen LogP contribution in [0.2, 0.25) is 0 Å². The molecule has 1 N–H and O–H groups in total. The summed E-state index contributed by atoms with van der Waals surface area (Å²) in [5.74, 6) is 1.94. The van der Waals surface area contributed by atoms with E-state index in [1.54, 1.807) is 31.5 Å². The molecule has 0 spiro atoms. The van der Waals surface area contributed by atoms with Crippen LogP contribution in [0.1, 0.15) is 37.9 Å². The van der Waals surface area contributed by atoms with Gasteiger partial charge in [-0.15, -0.1) is 6.42 Å². The van der Waals surface area contributed by atoms with Crippen LogP contribution in [0.5, 0.6) is 0 Å². The molecule has 2 heterocycles. The lowest BCUT2D eigenvalue weighted by molar-refractivity contribution is -0.105. The van der Waals surface area contributed by atoms with Crippen LogP contribution in [-0.2, 0) is 4.79 Å².